The van der Waals surface area contributed by atoms with Gasteiger partial charge in [0.25, 0.3) is 5.91 Å². The smallest absolute Gasteiger partial charge is 0.268 e. The van der Waals surface area contributed by atoms with E-state index < -0.39 is 0 Å². The van der Waals surface area contributed by atoms with Crippen molar-refractivity contribution < 1.29 is 19.1 Å². The normalized spacial score (nSPS) is 37.6. The van der Waals surface area contributed by atoms with E-state index in [-0.39, 0.29) is 50.7 Å². The molecule has 8 nitrogen and oxygen atoms in total. The second kappa shape index (κ2) is 17.5. The molecule has 2 bridgehead atoms. The van der Waals surface area contributed by atoms with Crippen LogP contribution in [0, 0.1) is 56.7 Å². The third kappa shape index (κ3) is 7.67. The highest BCUT2D eigenvalue weighted by Gasteiger charge is 2.69. The summed E-state index contributed by atoms with van der Waals surface area (Å²) in [5, 5.41) is 9.91. The maximum absolute atomic E-state index is 14.7. The molecule has 0 aromatic heterocycles. The quantitative estimate of drug-likeness (QED) is 0.0745. The zero-order chi connectivity index (χ0) is 42.1. The lowest BCUT2D eigenvalue weighted by atomic mass is 9.35. The van der Waals surface area contributed by atoms with Crippen molar-refractivity contribution in [2.45, 2.75) is 166 Å². The van der Waals surface area contributed by atoms with Gasteiger partial charge in [0.1, 0.15) is 5.70 Å². The second-order valence-electron chi connectivity index (χ2n) is 20.1. The Morgan fingerprint density at radius 3 is 2.34 bits per heavy atom. The van der Waals surface area contributed by atoms with Gasteiger partial charge in [-0.15, -0.1) is 0 Å². The number of rotatable bonds is 13. The van der Waals surface area contributed by atoms with Gasteiger partial charge in [-0.2, -0.15) is 5.10 Å². The minimum atomic E-state index is -0.365. The van der Waals surface area contributed by atoms with Crippen LogP contribution in [0.5, 0.6) is 0 Å². The average molecular weight is 779 g/mol. The number of nitrogens with one attached hydrogen (secondary N) is 3. The summed E-state index contributed by atoms with van der Waals surface area (Å²) in [5.74, 6) is 2.78. The van der Waals surface area contributed by atoms with Gasteiger partial charge in [-0.1, -0.05) is 87.0 Å². The van der Waals surface area contributed by atoms with Gasteiger partial charge in [-0.05, 0) is 138 Å². The first-order valence-corrected chi connectivity index (χ1v) is 22.2. The Morgan fingerprint density at radius 2 is 1.79 bits per heavy atom. The van der Waals surface area contributed by atoms with Crippen molar-refractivity contribution in [3.05, 3.63) is 35.1 Å². The van der Waals surface area contributed by atoms with Crippen molar-refractivity contribution in [2.75, 3.05) is 27.3 Å². The topological polar surface area (TPSA) is 101 Å². The van der Waals surface area contributed by atoms with E-state index >= 15 is 0 Å². The maximum Gasteiger partial charge on any atom is 0.268 e. The molecule has 8 heteroatoms. The highest BCUT2D eigenvalue weighted by molar-refractivity contribution is 5.99. The number of nitrogens with zero attached hydrogens (tertiary/aromatic N) is 1. The zero-order valence-corrected chi connectivity index (χ0v) is 38.5. The Hall–Kier alpha value is -2.29. The highest BCUT2D eigenvalue weighted by Crippen LogP contribution is 2.73. The molecule has 6 unspecified atom stereocenters. The van der Waals surface area contributed by atoms with Crippen molar-refractivity contribution in [1.82, 2.24) is 16.1 Å². The molecule has 1 heterocycles. The van der Waals surface area contributed by atoms with Gasteiger partial charge >= 0.3 is 0 Å². The van der Waals surface area contributed by atoms with E-state index in [1.54, 1.807) is 20.2 Å². The summed E-state index contributed by atoms with van der Waals surface area (Å²) < 4.78 is 13.7. The number of allylic oxidation sites excluding steroid dienone is 4. The summed E-state index contributed by atoms with van der Waals surface area (Å²) in [4.78, 5) is 26.1. The van der Waals surface area contributed by atoms with Gasteiger partial charge in [0, 0.05) is 29.6 Å². The first-order valence-electron chi connectivity index (χ1n) is 22.2. The molecular weight excluding hydrogens is 697 g/mol. The molecule has 0 radical (unpaired) electrons. The summed E-state index contributed by atoms with van der Waals surface area (Å²) in [7, 11) is 3.65. The van der Waals surface area contributed by atoms with E-state index in [2.05, 4.69) is 123 Å². The molecule has 5 rings (SSSR count). The van der Waals surface area contributed by atoms with Gasteiger partial charge in [0.2, 0.25) is 0 Å². The number of likely N-dealkylation sites (N-methyl/N-ethyl adjacent to an activating group) is 2. The Balaban J connectivity index is 0.000000460. The van der Waals surface area contributed by atoms with Crippen LogP contribution in [0.1, 0.15) is 148 Å². The first-order chi connectivity index (χ1) is 26.2. The van der Waals surface area contributed by atoms with Crippen LogP contribution in [0.2, 0.25) is 0 Å². The predicted molar refractivity (Wildman–Crippen MR) is 232 cm³/mol. The number of amides is 1. The second-order valence-corrected chi connectivity index (χ2v) is 20.1. The molecule has 1 aliphatic heterocycles. The van der Waals surface area contributed by atoms with Crippen molar-refractivity contribution >= 4 is 17.9 Å². The Bertz CT molecular complexity index is 1550. The summed E-state index contributed by atoms with van der Waals surface area (Å²) in [6.07, 6.45) is 17.4. The average Bonchev–Trinajstić information content (AvgIpc) is 3.17. The SMILES string of the molecule is C/C=N\N/C(C(=O)NC)=C(\C)CC.CCC(OC[C@](C)(NC)C(C)C)[C@@]1(C)COC(C)C2(C)C3=CC(=O)[C@]45C=CC[C@]([C@H](C)C(C)C)(CCC4(C)C3CCC21)C5. The fourth-order valence-electron chi connectivity index (χ4n) is 12.0. The monoisotopic (exact) mass is 779 g/mol. The van der Waals surface area contributed by atoms with Gasteiger partial charge in [0.15, 0.2) is 5.78 Å². The van der Waals surface area contributed by atoms with E-state index in [1.807, 2.05) is 13.8 Å². The third-order valence-corrected chi connectivity index (χ3v) is 17.2. The molecule has 318 valence electrons. The lowest BCUT2D eigenvalue weighted by Gasteiger charge is -2.69. The van der Waals surface area contributed by atoms with Gasteiger partial charge in [0.05, 0.1) is 30.8 Å². The Morgan fingerprint density at radius 1 is 1.11 bits per heavy atom. The van der Waals surface area contributed by atoms with E-state index in [9.17, 15) is 9.59 Å². The van der Waals surface area contributed by atoms with Crippen molar-refractivity contribution in [2.24, 2.45) is 61.8 Å². The number of hydrogen-bond donors (Lipinski definition) is 3. The molecule has 3 fully saturated rings. The third-order valence-electron chi connectivity index (χ3n) is 17.2. The molecule has 5 aliphatic rings. The van der Waals surface area contributed by atoms with Crippen LogP contribution in [0.3, 0.4) is 0 Å². The molecule has 1 spiro atoms. The molecular formula is C48H82N4O4. The zero-order valence-electron chi connectivity index (χ0n) is 38.5. The molecule has 0 aromatic rings. The fraction of sp³-hybridized carbons (Fsp3) is 0.812. The van der Waals surface area contributed by atoms with E-state index in [4.69, 9.17) is 9.47 Å². The maximum atomic E-state index is 14.7. The summed E-state index contributed by atoms with van der Waals surface area (Å²) in [5.41, 5.74) is 5.09. The number of ketones is 1. The van der Waals surface area contributed by atoms with E-state index in [0.29, 0.717) is 47.7 Å². The number of hydrogen-bond acceptors (Lipinski definition) is 7. The Labute approximate surface area is 342 Å². The van der Waals surface area contributed by atoms with Crippen LogP contribution < -0.4 is 16.1 Å². The Kier molecular flexibility index (Phi) is 14.5. The number of fused-ring (bicyclic) bond motifs is 5. The van der Waals surface area contributed by atoms with E-state index in [1.165, 1.54) is 18.4 Å². The van der Waals surface area contributed by atoms with Crippen LogP contribution in [-0.4, -0.2) is 63.0 Å². The van der Waals surface area contributed by atoms with Crippen molar-refractivity contribution in [3.8, 4) is 0 Å². The standard InChI is InChI=1S/C39H65NO3.C9H17N3O/c1-13-33(43-24-36(10,40-12)26(4)5)34(8)23-42-28(7)37(11)30-21-32(41)39-18-14-17-38(22-39,27(6)25(2)3)20-19-35(39,9)29(30)15-16-31(34)37;1-5-7(3)8(9(13)10-4)12-11-6-2/h14,18,21,25-29,31,33,40H,13,15-17,19-20,22-24H2,1-12H3;6,12H,5H2,1-4H3,(H,10,13)/b;8-7+,11-6-/t27-,28?,29?,31?,33?,34+,35?,36+,37?,38+,39-;/m1./s1. The predicted octanol–water partition coefficient (Wildman–Crippen LogP) is 9.81. The van der Waals surface area contributed by atoms with Crippen molar-refractivity contribution in [3.63, 3.8) is 0 Å². The fourth-order valence-corrected chi connectivity index (χ4v) is 12.0. The van der Waals surface area contributed by atoms with Crippen LogP contribution >= 0.6 is 0 Å². The molecule has 1 amide bonds. The molecule has 2 saturated carbocycles. The molecule has 0 aromatic carbocycles. The molecule has 3 N–H and O–H groups in total. The largest absolute Gasteiger partial charge is 0.377 e. The molecule has 11 atom stereocenters. The lowest BCUT2D eigenvalue weighted by molar-refractivity contribution is -0.225. The molecule has 4 aliphatic carbocycles. The van der Waals surface area contributed by atoms with Crippen LogP contribution in [-0.2, 0) is 19.1 Å². The van der Waals surface area contributed by atoms with Gasteiger partial charge in [-0.3, -0.25) is 15.0 Å². The summed E-state index contributed by atoms with van der Waals surface area (Å²) in [6, 6.07) is 0. The summed E-state index contributed by atoms with van der Waals surface area (Å²) in [6.45, 7) is 33.1. The summed E-state index contributed by atoms with van der Waals surface area (Å²) >= 11 is 0. The number of carbonyl (C=O) groups is 2. The van der Waals surface area contributed by atoms with Crippen LogP contribution in [0.4, 0.5) is 0 Å². The minimum Gasteiger partial charge on any atom is -0.377 e. The van der Waals surface area contributed by atoms with Crippen LogP contribution in [0.25, 0.3) is 0 Å². The van der Waals surface area contributed by atoms with Gasteiger partial charge in [-0.25, -0.2) is 0 Å². The first kappa shape index (κ1) is 46.4. The van der Waals surface area contributed by atoms with Crippen LogP contribution in [0.15, 0.2) is 40.2 Å². The number of carbonyl (C=O) groups excluding carboxylic acids is 2. The number of ether oxygens (including phenoxy) is 2. The lowest BCUT2D eigenvalue weighted by Crippen LogP contribution is -2.66. The number of hydrazone groups is 1. The van der Waals surface area contributed by atoms with Crippen molar-refractivity contribution in [1.29, 1.82) is 0 Å². The van der Waals surface area contributed by atoms with E-state index in [0.717, 1.165) is 50.7 Å². The minimum absolute atomic E-state index is 0.0423. The molecule has 1 saturated heterocycles. The van der Waals surface area contributed by atoms with Gasteiger partial charge < -0.3 is 20.1 Å². The molecule has 56 heavy (non-hydrogen) atoms. The highest BCUT2D eigenvalue weighted by atomic mass is 16.5.